The maximum atomic E-state index is 12.6. The Labute approximate surface area is 113 Å². The average Bonchev–Trinajstić information content (AvgIpc) is 2.72. The van der Waals surface area contributed by atoms with Gasteiger partial charge in [-0.25, -0.2) is 0 Å². The predicted molar refractivity (Wildman–Crippen MR) is 74.8 cm³/mol. The second-order valence-electron chi connectivity index (χ2n) is 4.93. The van der Waals surface area contributed by atoms with Crippen LogP contribution < -0.4 is 5.73 Å². The number of hydrogen-bond donors (Lipinski definition) is 1. The van der Waals surface area contributed by atoms with Gasteiger partial charge >= 0.3 is 0 Å². The summed E-state index contributed by atoms with van der Waals surface area (Å²) in [5.74, 6) is 0.00634. The molecule has 4 heteroatoms. The van der Waals surface area contributed by atoms with Gasteiger partial charge in [-0.2, -0.15) is 0 Å². The smallest absolute Gasteiger partial charge is 0.256 e. The zero-order chi connectivity index (χ0) is 13.3. The van der Waals surface area contributed by atoms with Crippen molar-refractivity contribution in [1.82, 2.24) is 4.90 Å². The minimum absolute atomic E-state index is 0.00634. The van der Waals surface area contributed by atoms with E-state index in [0.717, 1.165) is 19.3 Å². The van der Waals surface area contributed by atoms with Crippen LogP contribution in [0.3, 0.4) is 0 Å². The van der Waals surface area contributed by atoms with E-state index in [0.29, 0.717) is 22.3 Å². The first-order chi connectivity index (χ1) is 8.54. The number of likely N-dealkylation sites (tertiary alicyclic amines) is 1. The van der Waals surface area contributed by atoms with E-state index in [9.17, 15) is 4.79 Å². The van der Waals surface area contributed by atoms with Crippen molar-refractivity contribution in [2.24, 2.45) is 0 Å². The molecule has 0 aromatic heterocycles. The largest absolute Gasteiger partial charge is 0.398 e. The van der Waals surface area contributed by atoms with Gasteiger partial charge in [0.1, 0.15) is 0 Å². The molecule has 1 saturated heterocycles. The molecule has 2 rings (SSSR count). The molecule has 0 aliphatic carbocycles. The molecular formula is C14H19ClN2O. The molecule has 2 unspecified atom stereocenters. The Bertz CT molecular complexity index is 461. The van der Waals surface area contributed by atoms with Gasteiger partial charge in [0.2, 0.25) is 0 Å². The zero-order valence-corrected chi connectivity index (χ0v) is 11.6. The number of benzene rings is 1. The monoisotopic (exact) mass is 266 g/mol. The summed E-state index contributed by atoms with van der Waals surface area (Å²) in [6.45, 7) is 4.21. The number of hydrogen-bond acceptors (Lipinski definition) is 2. The van der Waals surface area contributed by atoms with E-state index in [1.807, 2.05) is 4.90 Å². The fourth-order valence-electron chi connectivity index (χ4n) is 2.69. The van der Waals surface area contributed by atoms with Crippen molar-refractivity contribution in [3.63, 3.8) is 0 Å². The summed E-state index contributed by atoms with van der Waals surface area (Å²) >= 11 is 5.95. The van der Waals surface area contributed by atoms with Crippen LogP contribution in [-0.4, -0.2) is 22.9 Å². The minimum atomic E-state index is 0.00634. The molecule has 0 radical (unpaired) electrons. The van der Waals surface area contributed by atoms with Crippen molar-refractivity contribution in [1.29, 1.82) is 0 Å². The van der Waals surface area contributed by atoms with Crippen LogP contribution in [0.15, 0.2) is 18.2 Å². The van der Waals surface area contributed by atoms with Crippen LogP contribution in [0.1, 0.15) is 43.5 Å². The standard InChI is InChI=1S/C14H19ClN2O/c1-3-11-6-4-9(2)17(11)14(18)12-8-10(15)5-7-13(12)16/h5,7-9,11H,3-4,6,16H2,1-2H3. The van der Waals surface area contributed by atoms with Crippen LogP contribution >= 0.6 is 11.6 Å². The maximum Gasteiger partial charge on any atom is 0.256 e. The average molecular weight is 267 g/mol. The summed E-state index contributed by atoms with van der Waals surface area (Å²) in [4.78, 5) is 14.5. The number of nitrogens with two attached hydrogens (primary N) is 1. The SMILES string of the molecule is CCC1CCC(C)N1C(=O)c1cc(Cl)ccc1N. The lowest BCUT2D eigenvalue weighted by atomic mass is 10.1. The van der Waals surface area contributed by atoms with E-state index in [1.54, 1.807) is 18.2 Å². The molecule has 1 heterocycles. The number of carbonyl (C=O) groups is 1. The molecule has 1 aliphatic rings. The lowest BCUT2D eigenvalue weighted by molar-refractivity contribution is 0.0677. The van der Waals surface area contributed by atoms with Crippen LogP contribution in [0.4, 0.5) is 5.69 Å². The number of rotatable bonds is 2. The molecule has 1 aromatic carbocycles. The fraction of sp³-hybridized carbons (Fsp3) is 0.500. The summed E-state index contributed by atoms with van der Waals surface area (Å²) < 4.78 is 0. The molecule has 2 N–H and O–H groups in total. The maximum absolute atomic E-state index is 12.6. The third-order valence-electron chi connectivity index (χ3n) is 3.74. The highest BCUT2D eigenvalue weighted by Crippen LogP contribution is 2.29. The zero-order valence-electron chi connectivity index (χ0n) is 10.8. The Kier molecular flexibility index (Phi) is 3.81. The van der Waals surface area contributed by atoms with E-state index >= 15 is 0 Å². The van der Waals surface area contributed by atoms with Crippen molar-refractivity contribution >= 4 is 23.2 Å². The van der Waals surface area contributed by atoms with E-state index in [2.05, 4.69) is 13.8 Å². The number of anilines is 1. The highest BCUT2D eigenvalue weighted by molar-refractivity contribution is 6.31. The molecule has 0 spiro atoms. The van der Waals surface area contributed by atoms with Gasteiger partial charge in [0.05, 0.1) is 5.56 Å². The molecule has 1 aromatic rings. The molecule has 0 saturated carbocycles. The van der Waals surface area contributed by atoms with Crippen LogP contribution in [0, 0.1) is 0 Å². The molecule has 18 heavy (non-hydrogen) atoms. The highest BCUT2D eigenvalue weighted by atomic mass is 35.5. The van der Waals surface area contributed by atoms with Crippen molar-refractivity contribution in [3.8, 4) is 0 Å². The van der Waals surface area contributed by atoms with Gasteiger partial charge in [-0.3, -0.25) is 4.79 Å². The summed E-state index contributed by atoms with van der Waals surface area (Å²) in [6, 6.07) is 5.67. The summed E-state index contributed by atoms with van der Waals surface area (Å²) in [5.41, 5.74) is 6.91. The van der Waals surface area contributed by atoms with Gasteiger partial charge < -0.3 is 10.6 Å². The molecule has 0 bridgehead atoms. The topological polar surface area (TPSA) is 46.3 Å². The summed E-state index contributed by atoms with van der Waals surface area (Å²) in [6.07, 6.45) is 3.12. The Morgan fingerprint density at radius 2 is 2.22 bits per heavy atom. The van der Waals surface area contributed by atoms with Crippen molar-refractivity contribution < 1.29 is 4.79 Å². The number of nitrogens with zero attached hydrogens (tertiary/aromatic N) is 1. The molecular weight excluding hydrogens is 248 g/mol. The predicted octanol–water partition coefficient (Wildman–Crippen LogP) is 3.33. The van der Waals surface area contributed by atoms with Gasteiger partial charge in [0.25, 0.3) is 5.91 Å². The lowest BCUT2D eigenvalue weighted by Gasteiger charge is -2.28. The highest BCUT2D eigenvalue weighted by Gasteiger charge is 2.34. The van der Waals surface area contributed by atoms with Gasteiger partial charge in [-0.1, -0.05) is 18.5 Å². The second-order valence-corrected chi connectivity index (χ2v) is 5.37. The Hall–Kier alpha value is -1.22. The van der Waals surface area contributed by atoms with Gasteiger partial charge in [0, 0.05) is 22.8 Å². The van der Waals surface area contributed by atoms with Gasteiger partial charge in [-0.05, 0) is 44.4 Å². The first-order valence-corrected chi connectivity index (χ1v) is 6.80. The fourth-order valence-corrected chi connectivity index (χ4v) is 2.86. The van der Waals surface area contributed by atoms with Crippen LogP contribution in [-0.2, 0) is 0 Å². The Balaban J connectivity index is 2.32. The van der Waals surface area contributed by atoms with Crippen LogP contribution in [0.2, 0.25) is 5.02 Å². The third kappa shape index (κ3) is 2.32. The molecule has 1 amide bonds. The molecule has 3 nitrogen and oxygen atoms in total. The molecule has 1 aliphatic heterocycles. The van der Waals surface area contributed by atoms with Crippen molar-refractivity contribution in [2.45, 2.75) is 45.2 Å². The minimum Gasteiger partial charge on any atom is -0.398 e. The number of amides is 1. The van der Waals surface area contributed by atoms with Crippen molar-refractivity contribution in [2.75, 3.05) is 5.73 Å². The number of halogens is 1. The first kappa shape index (κ1) is 13.2. The second kappa shape index (κ2) is 5.19. The van der Waals surface area contributed by atoms with E-state index < -0.39 is 0 Å². The Morgan fingerprint density at radius 3 is 2.89 bits per heavy atom. The number of nitrogen functional groups attached to an aromatic ring is 1. The summed E-state index contributed by atoms with van der Waals surface area (Å²) in [5, 5.41) is 0.549. The van der Waals surface area contributed by atoms with Gasteiger partial charge in [-0.15, -0.1) is 0 Å². The lowest BCUT2D eigenvalue weighted by Crippen LogP contribution is -2.40. The van der Waals surface area contributed by atoms with Crippen molar-refractivity contribution in [3.05, 3.63) is 28.8 Å². The molecule has 1 fully saturated rings. The van der Waals surface area contributed by atoms with E-state index in [-0.39, 0.29) is 11.9 Å². The first-order valence-electron chi connectivity index (χ1n) is 6.42. The third-order valence-corrected chi connectivity index (χ3v) is 3.97. The quantitative estimate of drug-likeness (QED) is 0.835. The van der Waals surface area contributed by atoms with Crippen LogP contribution in [0.25, 0.3) is 0 Å². The number of carbonyl (C=O) groups excluding carboxylic acids is 1. The Morgan fingerprint density at radius 1 is 1.50 bits per heavy atom. The van der Waals surface area contributed by atoms with Crippen LogP contribution in [0.5, 0.6) is 0 Å². The van der Waals surface area contributed by atoms with E-state index in [1.165, 1.54) is 0 Å². The molecule has 98 valence electrons. The normalized spacial score (nSPS) is 23.4. The summed E-state index contributed by atoms with van der Waals surface area (Å²) in [7, 11) is 0. The van der Waals surface area contributed by atoms with Gasteiger partial charge in [0.15, 0.2) is 0 Å². The molecule has 2 atom stereocenters. The van der Waals surface area contributed by atoms with E-state index in [4.69, 9.17) is 17.3 Å².